The second kappa shape index (κ2) is 5.03. The summed E-state index contributed by atoms with van der Waals surface area (Å²) >= 11 is 0. The lowest BCUT2D eigenvalue weighted by Gasteiger charge is -2.25. The molecular formula is C15H21N3O. The van der Waals surface area contributed by atoms with Crippen molar-refractivity contribution in [1.29, 1.82) is 0 Å². The van der Waals surface area contributed by atoms with Crippen LogP contribution < -0.4 is 10.6 Å². The van der Waals surface area contributed by atoms with E-state index in [1.54, 1.807) is 6.20 Å². The highest BCUT2D eigenvalue weighted by Crippen LogP contribution is 2.22. The summed E-state index contributed by atoms with van der Waals surface area (Å²) in [6, 6.07) is 3.78. The molecule has 4 heteroatoms. The lowest BCUT2D eigenvalue weighted by Crippen LogP contribution is -2.43. The van der Waals surface area contributed by atoms with Gasteiger partial charge in [0.15, 0.2) is 0 Å². The van der Waals surface area contributed by atoms with Crippen LogP contribution in [0.3, 0.4) is 0 Å². The lowest BCUT2D eigenvalue weighted by molar-refractivity contribution is -0.122. The van der Waals surface area contributed by atoms with Crippen molar-refractivity contribution in [2.75, 3.05) is 5.32 Å². The molecule has 1 unspecified atom stereocenters. The van der Waals surface area contributed by atoms with E-state index in [4.69, 9.17) is 0 Å². The first-order valence-corrected chi connectivity index (χ1v) is 6.58. The molecule has 2 heterocycles. The molecule has 0 saturated carbocycles. The van der Waals surface area contributed by atoms with Crippen molar-refractivity contribution in [2.24, 2.45) is 0 Å². The highest BCUT2D eigenvalue weighted by Gasteiger charge is 2.23. The third-order valence-corrected chi connectivity index (χ3v) is 3.22. The summed E-state index contributed by atoms with van der Waals surface area (Å²) in [5.41, 5.74) is 2.75. The molecule has 19 heavy (non-hydrogen) atoms. The van der Waals surface area contributed by atoms with Crippen LogP contribution in [0.25, 0.3) is 0 Å². The summed E-state index contributed by atoms with van der Waals surface area (Å²) in [4.78, 5) is 16.2. The Morgan fingerprint density at radius 2 is 2.16 bits per heavy atom. The van der Waals surface area contributed by atoms with Crippen molar-refractivity contribution in [2.45, 2.75) is 45.1 Å². The van der Waals surface area contributed by atoms with E-state index >= 15 is 0 Å². The van der Waals surface area contributed by atoms with Gasteiger partial charge in [-0.2, -0.15) is 0 Å². The number of carbonyl (C=O) groups is 1. The predicted molar refractivity (Wildman–Crippen MR) is 76.9 cm³/mol. The maximum absolute atomic E-state index is 11.8. The highest BCUT2D eigenvalue weighted by molar-refractivity contribution is 5.86. The standard InChI is InChI=1S/C15H21N3O/c1-10-5-7-12(14(19)17-10)18-11-6-8-13(16-9-11)15(2,3)4/h6,8-9,12,18H,1,5,7H2,2-4H3,(H,17,19). The van der Waals surface area contributed by atoms with Crippen molar-refractivity contribution in [1.82, 2.24) is 10.3 Å². The Bertz CT molecular complexity index is 485. The largest absolute Gasteiger partial charge is 0.372 e. The Balaban J connectivity index is 2.04. The molecular weight excluding hydrogens is 238 g/mol. The van der Waals surface area contributed by atoms with Gasteiger partial charge in [-0.1, -0.05) is 27.4 Å². The summed E-state index contributed by atoms with van der Waals surface area (Å²) < 4.78 is 0. The van der Waals surface area contributed by atoms with Crippen LogP contribution in [-0.2, 0) is 10.2 Å². The topological polar surface area (TPSA) is 54.0 Å². The van der Waals surface area contributed by atoms with E-state index in [2.05, 4.69) is 43.0 Å². The number of amides is 1. The van der Waals surface area contributed by atoms with Crippen molar-refractivity contribution in [3.8, 4) is 0 Å². The fourth-order valence-corrected chi connectivity index (χ4v) is 2.04. The molecule has 1 fully saturated rings. The Hall–Kier alpha value is -1.84. The quantitative estimate of drug-likeness (QED) is 0.858. The van der Waals surface area contributed by atoms with Crippen LogP contribution >= 0.6 is 0 Å². The molecule has 0 aliphatic carbocycles. The number of allylic oxidation sites excluding steroid dienone is 1. The zero-order chi connectivity index (χ0) is 14.0. The van der Waals surface area contributed by atoms with Gasteiger partial charge in [0, 0.05) is 16.8 Å². The number of hydrogen-bond donors (Lipinski definition) is 2. The molecule has 1 aromatic heterocycles. The van der Waals surface area contributed by atoms with E-state index in [1.165, 1.54) is 0 Å². The molecule has 2 N–H and O–H groups in total. The van der Waals surface area contributed by atoms with Gasteiger partial charge in [0.05, 0.1) is 11.9 Å². The zero-order valence-corrected chi connectivity index (χ0v) is 11.8. The van der Waals surface area contributed by atoms with Crippen molar-refractivity contribution >= 4 is 11.6 Å². The van der Waals surface area contributed by atoms with Gasteiger partial charge in [-0.25, -0.2) is 0 Å². The fourth-order valence-electron chi connectivity index (χ4n) is 2.04. The zero-order valence-electron chi connectivity index (χ0n) is 11.8. The van der Waals surface area contributed by atoms with Crippen LogP contribution in [0.2, 0.25) is 0 Å². The van der Waals surface area contributed by atoms with Crippen LogP contribution in [0.5, 0.6) is 0 Å². The van der Waals surface area contributed by atoms with E-state index in [1.807, 2.05) is 12.1 Å². The van der Waals surface area contributed by atoms with Crippen LogP contribution in [0, 0.1) is 0 Å². The summed E-state index contributed by atoms with van der Waals surface area (Å²) in [5.74, 6) is -0.0175. The number of carbonyl (C=O) groups excluding carboxylic acids is 1. The van der Waals surface area contributed by atoms with E-state index in [-0.39, 0.29) is 17.4 Å². The number of hydrogen-bond acceptors (Lipinski definition) is 3. The van der Waals surface area contributed by atoms with E-state index in [0.29, 0.717) is 0 Å². The molecule has 2 rings (SSSR count). The molecule has 102 valence electrons. The average molecular weight is 259 g/mol. The minimum atomic E-state index is -0.201. The Labute approximate surface area is 114 Å². The monoisotopic (exact) mass is 259 g/mol. The van der Waals surface area contributed by atoms with Crippen LogP contribution in [0.15, 0.2) is 30.6 Å². The second-order valence-electron chi connectivity index (χ2n) is 6.01. The van der Waals surface area contributed by atoms with E-state index in [9.17, 15) is 4.79 Å². The molecule has 0 radical (unpaired) electrons. The first-order chi connectivity index (χ1) is 8.86. The molecule has 4 nitrogen and oxygen atoms in total. The van der Waals surface area contributed by atoms with Crippen LogP contribution in [0.1, 0.15) is 39.3 Å². The molecule has 1 aromatic rings. The third kappa shape index (κ3) is 3.34. The number of rotatable bonds is 2. The second-order valence-corrected chi connectivity index (χ2v) is 6.01. The van der Waals surface area contributed by atoms with E-state index < -0.39 is 0 Å². The van der Waals surface area contributed by atoms with Gasteiger partial charge in [0.1, 0.15) is 6.04 Å². The van der Waals surface area contributed by atoms with Crippen LogP contribution in [-0.4, -0.2) is 16.9 Å². The fraction of sp³-hybridized carbons (Fsp3) is 0.467. The Morgan fingerprint density at radius 1 is 1.42 bits per heavy atom. The van der Waals surface area contributed by atoms with Gasteiger partial charge >= 0.3 is 0 Å². The first kappa shape index (κ1) is 13.6. The normalized spacial score (nSPS) is 20.1. The molecule has 1 amide bonds. The number of nitrogens with one attached hydrogen (secondary N) is 2. The highest BCUT2D eigenvalue weighted by atomic mass is 16.2. The van der Waals surface area contributed by atoms with Crippen molar-refractivity contribution in [3.63, 3.8) is 0 Å². The third-order valence-electron chi connectivity index (χ3n) is 3.22. The minimum absolute atomic E-state index is 0.0175. The number of piperidine rings is 1. The van der Waals surface area contributed by atoms with E-state index in [0.717, 1.165) is 29.9 Å². The van der Waals surface area contributed by atoms with Gasteiger partial charge in [-0.3, -0.25) is 9.78 Å². The molecule has 0 aromatic carbocycles. The van der Waals surface area contributed by atoms with Gasteiger partial charge in [-0.15, -0.1) is 0 Å². The number of nitrogens with zero attached hydrogens (tertiary/aromatic N) is 1. The number of anilines is 1. The summed E-state index contributed by atoms with van der Waals surface area (Å²) in [6.07, 6.45) is 3.37. The summed E-state index contributed by atoms with van der Waals surface area (Å²) in [5, 5.41) is 5.98. The molecule has 1 atom stereocenters. The Morgan fingerprint density at radius 3 is 2.68 bits per heavy atom. The van der Waals surface area contributed by atoms with Crippen molar-refractivity contribution in [3.05, 3.63) is 36.3 Å². The molecule has 0 bridgehead atoms. The Kier molecular flexibility index (Phi) is 3.60. The van der Waals surface area contributed by atoms with Gasteiger partial charge in [-0.05, 0) is 25.0 Å². The number of aromatic nitrogens is 1. The lowest BCUT2D eigenvalue weighted by atomic mass is 9.92. The van der Waals surface area contributed by atoms with Crippen LogP contribution in [0.4, 0.5) is 5.69 Å². The molecule has 1 aliphatic rings. The smallest absolute Gasteiger partial charge is 0.246 e. The average Bonchev–Trinajstić information content (AvgIpc) is 2.32. The molecule has 1 aliphatic heterocycles. The van der Waals surface area contributed by atoms with Gasteiger partial charge < -0.3 is 10.6 Å². The summed E-state index contributed by atoms with van der Waals surface area (Å²) in [7, 11) is 0. The van der Waals surface area contributed by atoms with Gasteiger partial charge in [0.2, 0.25) is 5.91 Å². The predicted octanol–water partition coefficient (Wildman–Crippen LogP) is 2.58. The minimum Gasteiger partial charge on any atom is -0.372 e. The maximum atomic E-state index is 11.8. The first-order valence-electron chi connectivity index (χ1n) is 6.58. The number of pyridine rings is 1. The van der Waals surface area contributed by atoms with Crippen molar-refractivity contribution < 1.29 is 4.79 Å². The van der Waals surface area contributed by atoms with Gasteiger partial charge in [0.25, 0.3) is 0 Å². The summed E-state index contributed by atoms with van der Waals surface area (Å²) in [6.45, 7) is 10.2. The molecule has 0 spiro atoms. The SMILES string of the molecule is C=C1CCC(Nc2ccc(C(C)(C)C)nc2)C(=O)N1. The maximum Gasteiger partial charge on any atom is 0.246 e. The molecule has 1 saturated heterocycles.